The monoisotopic (exact) mass is 244 g/mol. The number of hydrogen-bond donors (Lipinski definition) is 1. The lowest BCUT2D eigenvalue weighted by Gasteiger charge is -2.45. The highest BCUT2D eigenvalue weighted by atomic mass is 15.3. The summed E-state index contributed by atoms with van der Waals surface area (Å²) in [4.78, 5) is 4.66. The van der Waals surface area contributed by atoms with Gasteiger partial charge >= 0.3 is 0 Å². The first kappa shape index (κ1) is 12.9. The van der Waals surface area contributed by atoms with E-state index in [-0.39, 0.29) is 0 Å². The van der Waals surface area contributed by atoms with Gasteiger partial charge in [0.05, 0.1) is 17.7 Å². The summed E-state index contributed by atoms with van der Waals surface area (Å²) in [5.41, 5.74) is 7.70. The number of hydrogen-bond acceptors (Lipinski definition) is 4. The Morgan fingerprint density at radius 3 is 2.89 bits per heavy atom. The predicted molar refractivity (Wildman–Crippen MR) is 73.4 cm³/mol. The fourth-order valence-electron chi connectivity index (χ4n) is 2.81. The SMILES string of the molecule is CC1CN(C)CC(CN)N1c1cccc(C#N)c1. The molecule has 0 bridgehead atoms. The van der Waals surface area contributed by atoms with E-state index in [0.29, 0.717) is 24.2 Å². The van der Waals surface area contributed by atoms with E-state index in [1.807, 2.05) is 18.2 Å². The maximum Gasteiger partial charge on any atom is 0.0992 e. The van der Waals surface area contributed by atoms with Gasteiger partial charge in [0.1, 0.15) is 0 Å². The summed E-state index contributed by atoms with van der Waals surface area (Å²) < 4.78 is 0. The number of benzene rings is 1. The van der Waals surface area contributed by atoms with Crippen LogP contribution >= 0.6 is 0 Å². The van der Waals surface area contributed by atoms with Crippen LogP contribution in [0.2, 0.25) is 0 Å². The number of nitrogens with two attached hydrogens (primary N) is 1. The minimum Gasteiger partial charge on any atom is -0.362 e. The van der Waals surface area contributed by atoms with Gasteiger partial charge in [-0.2, -0.15) is 5.26 Å². The molecule has 0 aromatic heterocycles. The van der Waals surface area contributed by atoms with E-state index in [1.54, 1.807) is 0 Å². The Kier molecular flexibility index (Phi) is 3.85. The average molecular weight is 244 g/mol. The lowest BCUT2D eigenvalue weighted by molar-refractivity contribution is 0.235. The lowest BCUT2D eigenvalue weighted by atomic mass is 10.0. The second kappa shape index (κ2) is 5.38. The number of anilines is 1. The van der Waals surface area contributed by atoms with Gasteiger partial charge in [-0.1, -0.05) is 6.07 Å². The molecule has 0 aliphatic carbocycles. The normalized spacial score (nSPS) is 24.9. The molecule has 1 aromatic rings. The third kappa shape index (κ3) is 2.47. The molecule has 1 aromatic carbocycles. The van der Waals surface area contributed by atoms with Gasteiger partial charge in [-0.25, -0.2) is 0 Å². The van der Waals surface area contributed by atoms with E-state index in [4.69, 9.17) is 11.0 Å². The zero-order valence-electron chi connectivity index (χ0n) is 11.0. The van der Waals surface area contributed by atoms with E-state index in [1.165, 1.54) is 0 Å². The Bertz CT molecular complexity index is 451. The number of likely N-dealkylation sites (N-methyl/N-ethyl adjacent to an activating group) is 1. The van der Waals surface area contributed by atoms with Crippen molar-refractivity contribution in [3.63, 3.8) is 0 Å². The van der Waals surface area contributed by atoms with E-state index in [0.717, 1.165) is 18.8 Å². The Hall–Kier alpha value is -1.57. The van der Waals surface area contributed by atoms with Crippen molar-refractivity contribution in [2.24, 2.45) is 5.73 Å². The predicted octanol–water partition coefficient (Wildman–Crippen LogP) is 1.03. The summed E-state index contributed by atoms with van der Waals surface area (Å²) in [6.45, 7) is 4.83. The number of piperazine rings is 1. The highest BCUT2D eigenvalue weighted by Gasteiger charge is 2.29. The summed E-state index contributed by atoms with van der Waals surface area (Å²) in [6.07, 6.45) is 0. The van der Waals surface area contributed by atoms with Crippen molar-refractivity contribution >= 4 is 5.69 Å². The Morgan fingerprint density at radius 1 is 1.44 bits per heavy atom. The molecule has 4 nitrogen and oxygen atoms in total. The molecule has 1 aliphatic heterocycles. The first-order valence-corrected chi connectivity index (χ1v) is 6.32. The van der Waals surface area contributed by atoms with Crippen LogP contribution in [-0.4, -0.2) is 43.7 Å². The second-order valence-corrected chi connectivity index (χ2v) is 5.03. The van der Waals surface area contributed by atoms with E-state index >= 15 is 0 Å². The second-order valence-electron chi connectivity index (χ2n) is 5.03. The molecular weight excluding hydrogens is 224 g/mol. The summed E-state index contributed by atoms with van der Waals surface area (Å²) in [5, 5.41) is 8.99. The molecule has 2 N–H and O–H groups in total. The average Bonchev–Trinajstić information content (AvgIpc) is 2.37. The smallest absolute Gasteiger partial charge is 0.0992 e. The maximum atomic E-state index is 8.99. The molecule has 2 unspecified atom stereocenters. The Labute approximate surface area is 109 Å². The number of rotatable bonds is 2. The highest BCUT2D eigenvalue weighted by Crippen LogP contribution is 2.24. The van der Waals surface area contributed by atoms with E-state index in [9.17, 15) is 0 Å². The molecule has 0 radical (unpaired) electrons. The van der Waals surface area contributed by atoms with Crippen molar-refractivity contribution in [3.05, 3.63) is 29.8 Å². The van der Waals surface area contributed by atoms with E-state index < -0.39 is 0 Å². The van der Waals surface area contributed by atoms with Crippen molar-refractivity contribution in [1.82, 2.24) is 4.90 Å². The maximum absolute atomic E-state index is 8.99. The lowest BCUT2D eigenvalue weighted by Crippen LogP contribution is -2.59. The van der Waals surface area contributed by atoms with Gasteiger partial charge in [0.25, 0.3) is 0 Å². The Balaban J connectivity index is 2.31. The van der Waals surface area contributed by atoms with Crippen LogP contribution in [0.4, 0.5) is 5.69 Å². The van der Waals surface area contributed by atoms with Crippen molar-refractivity contribution < 1.29 is 0 Å². The van der Waals surface area contributed by atoms with Crippen LogP contribution in [0.25, 0.3) is 0 Å². The van der Waals surface area contributed by atoms with Gasteiger partial charge in [0, 0.05) is 31.4 Å². The number of nitrogens with zero attached hydrogens (tertiary/aromatic N) is 3. The van der Waals surface area contributed by atoms with Gasteiger partial charge in [-0.3, -0.25) is 0 Å². The molecule has 18 heavy (non-hydrogen) atoms. The molecule has 1 fully saturated rings. The van der Waals surface area contributed by atoms with Gasteiger partial charge < -0.3 is 15.5 Å². The highest BCUT2D eigenvalue weighted by molar-refractivity contribution is 5.53. The summed E-state index contributed by atoms with van der Waals surface area (Å²) in [5.74, 6) is 0. The molecule has 1 aliphatic rings. The van der Waals surface area contributed by atoms with Crippen molar-refractivity contribution in [2.45, 2.75) is 19.0 Å². The first-order valence-electron chi connectivity index (χ1n) is 6.32. The third-order valence-corrected chi connectivity index (χ3v) is 3.51. The molecule has 0 saturated carbocycles. The molecule has 0 amide bonds. The molecule has 2 atom stereocenters. The summed E-state index contributed by atoms with van der Waals surface area (Å²) >= 11 is 0. The van der Waals surface area contributed by atoms with Crippen molar-refractivity contribution in [3.8, 4) is 6.07 Å². The Morgan fingerprint density at radius 2 is 2.22 bits per heavy atom. The molecule has 96 valence electrons. The molecular formula is C14H20N4. The summed E-state index contributed by atoms with van der Waals surface area (Å²) in [6, 6.07) is 10.7. The van der Waals surface area contributed by atoms with Crippen molar-refractivity contribution in [2.75, 3.05) is 31.6 Å². The van der Waals surface area contributed by atoms with Gasteiger partial charge in [-0.15, -0.1) is 0 Å². The van der Waals surface area contributed by atoms with Crippen LogP contribution in [0.5, 0.6) is 0 Å². The largest absolute Gasteiger partial charge is 0.362 e. The minimum atomic E-state index is 0.313. The molecule has 1 saturated heterocycles. The molecule has 2 rings (SSSR count). The molecule has 0 spiro atoms. The van der Waals surface area contributed by atoms with Gasteiger partial charge in [0.15, 0.2) is 0 Å². The minimum absolute atomic E-state index is 0.313. The topological polar surface area (TPSA) is 56.3 Å². The van der Waals surface area contributed by atoms with Crippen LogP contribution in [0.1, 0.15) is 12.5 Å². The van der Waals surface area contributed by atoms with Gasteiger partial charge in [-0.05, 0) is 32.2 Å². The summed E-state index contributed by atoms with van der Waals surface area (Å²) in [7, 11) is 2.13. The van der Waals surface area contributed by atoms with Gasteiger partial charge in [0.2, 0.25) is 0 Å². The van der Waals surface area contributed by atoms with Crippen LogP contribution < -0.4 is 10.6 Å². The fourth-order valence-corrected chi connectivity index (χ4v) is 2.81. The third-order valence-electron chi connectivity index (χ3n) is 3.51. The molecule has 4 heteroatoms. The van der Waals surface area contributed by atoms with E-state index in [2.05, 4.69) is 35.9 Å². The van der Waals surface area contributed by atoms with Crippen molar-refractivity contribution in [1.29, 1.82) is 5.26 Å². The molecule has 1 heterocycles. The van der Waals surface area contributed by atoms with Crippen LogP contribution in [-0.2, 0) is 0 Å². The standard InChI is InChI=1S/C14H20N4/c1-11-9-17(2)10-14(8-16)18(11)13-5-3-4-12(6-13)7-15/h3-6,11,14H,8-10,16H2,1-2H3. The van der Waals surface area contributed by atoms with Crippen LogP contribution in [0, 0.1) is 11.3 Å². The van der Waals surface area contributed by atoms with Crippen LogP contribution in [0.15, 0.2) is 24.3 Å². The quantitative estimate of drug-likeness (QED) is 0.844. The van der Waals surface area contributed by atoms with Crippen LogP contribution in [0.3, 0.4) is 0 Å². The number of nitriles is 1. The zero-order valence-corrected chi connectivity index (χ0v) is 11.0. The first-order chi connectivity index (χ1) is 8.65. The zero-order chi connectivity index (χ0) is 13.1. The fraction of sp³-hybridized carbons (Fsp3) is 0.500.